The van der Waals surface area contributed by atoms with E-state index in [0.29, 0.717) is 17.2 Å². The van der Waals surface area contributed by atoms with E-state index in [0.717, 1.165) is 32.7 Å². The van der Waals surface area contributed by atoms with Crippen LogP contribution in [0.2, 0.25) is 0 Å². The van der Waals surface area contributed by atoms with Crippen molar-refractivity contribution in [3.63, 3.8) is 0 Å². The number of anilines is 1. The van der Waals surface area contributed by atoms with Crippen molar-refractivity contribution in [2.45, 2.75) is 19.5 Å². The summed E-state index contributed by atoms with van der Waals surface area (Å²) in [5.41, 5.74) is 2.03. The van der Waals surface area contributed by atoms with E-state index in [-0.39, 0.29) is 11.9 Å². The van der Waals surface area contributed by atoms with Crippen molar-refractivity contribution in [1.82, 2.24) is 9.80 Å². The zero-order valence-electron chi connectivity index (χ0n) is 16.9. The average Bonchev–Trinajstić information content (AvgIpc) is 2.74. The molecular formula is C22H29N3O3. The van der Waals surface area contributed by atoms with Gasteiger partial charge in [0.25, 0.3) is 0 Å². The summed E-state index contributed by atoms with van der Waals surface area (Å²) in [6, 6.07) is 15.7. The second-order valence-corrected chi connectivity index (χ2v) is 7.03. The SMILES string of the molecule is COc1ccc(NC(=O)C(C)N2CCN(Cc3ccccc3)CC2)cc1OC. The van der Waals surface area contributed by atoms with E-state index >= 15 is 0 Å². The minimum absolute atomic E-state index is 0.0104. The molecule has 1 aliphatic heterocycles. The van der Waals surface area contributed by atoms with Gasteiger partial charge in [0.05, 0.1) is 20.3 Å². The predicted molar refractivity (Wildman–Crippen MR) is 111 cm³/mol. The van der Waals surface area contributed by atoms with Gasteiger partial charge in [-0.15, -0.1) is 0 Å². The Morgan fingerprint density at radius 3 is 2.32 bits per heavy atom. The molecule has 3 rings (SSSR count). The first kappa shape index (κ1) is 20.2. The van der Waals surface area contributed by atoms with Gasteiger partial charge in [0, 0.05) is 44.5 Å². The molecular weight excluding hydrogens is 354 g/mol. The van der Waals surface area contributed by atoms with E-state index in [9.17, 15) is 4.79 Å². The maximum Gasteiger partial charge on any atom is 0.241 e. The third kappa shape index (κ3) is 5.03. The topological polar surface area (TPSA) is 54.0 Å². The third-order valence-electron chi connectivity index (χ3n) is 5.23. The lowest BCUT2D eigenvalue weighted by Gasteiger charge is -2.37. The first-order valence-corrected chi connectivity index (χ1v) is 9.64. The largest absolute Gasteiger partial charge is 0.493 e. The summed E-state index contributed by atoms with van der Waals surface area (Å²) in [4.78, 5) is 17.4. The number of benzene rings is 2. The van der Waals surface area contributed by atoms with Crippen molar-refractivity contribution in [1.29, 1.82) is 0 Å². The summed E-state index contributed by atoms with van der Waals surface area (Å²) in [6.45, 7) is 6.61. The lowest BCUT2D eigenvalue weighted by atomic mass is 10.1. The third-order valence-corrected chi connectivity index (χ3v) is 5.23. The van der Waals surface area contributed by atoms with Crippen molar-refractivity contribution >= 4 is 11.6 Å². The Balaban J connectivity index is 1.52. The number of ether oxygens (including phenoxy) is 2. The van der Waals surface area contributed by atoms with Gasteiger partial charge in [0.15, 0.2) is 11.5 Å². The fourth-order valence-electron chi connectivity index (χ4n) is 3.48. The highest BCUT2D eigenvalue weighted by molar-refractivity contribution is 5.94. The molecule has 1 saturated heterocycles. The number of methoxy groups -OCH3 is 2. The molecule has 6 heteroatoms. The van der Waals surface area contributed by atoms with Crippen LogP contribution >= 0.6 is 0 Å². The first-order chi connectivity index (χ1) is 13.6. The second kappa shape index (κ2) is 9.57. The molecule has 6 nitrogen and oxygen atoms in total. The lowest BCUT2D eigenvalue weighted by molar-refractivity contribution is -0.121. The first-order valence-electron chi connectivity index (χ1n) is 9.64. The maximum absolute atomic E-state index is 12.7. The highest BCUT2D eigenvalue weighted by Gasteiger charge is 2.25. The average molecular weight is 383 g/mol. The summed E-state index contributed by atoms with van der Waals surface area (Å²) >= 11 is 0. The van der Waals surface area contributed by atoms with E-state index in [4.69, 9.17) is 9.47 Å². The van der Waals surface area contributed by atoms with Crippen LogP contribution in [0.3, 0.4) is 0 Å². The van der Waals surface area contributed by atoms with Crippen LogP contribution in [0.4, 0.5) is 5.69 Å². The normalized spacial score (nSPS) is 16.4. The van der Waals surface area contributed by atoms with Gasteiger partial charge in [0.2, 0.25) is 5.91 Å². The second-order valence-electron chi connectivity index (χ2n) is 7.03. The number of hydrogen-bond acceptors (Lipinski definition) is 5. The van der Waals surface area contributed by atoms with Crippen LogP contribution in [-0.4, -0.2) is 62.1 Å². The van der Waals surface area contributed by atoms with Crippen LogP contribution in [-0.2, 0) is 11.3 Å². The fourth-order valence-corrected chi connectivity index (χ4v) is 3.48. The molecule has 0 spiro atoms. The van der Waals surface area contributed by atoms with Crippen LogP contribution in [0.15, 0.2) is 48.5 Å². The lowest BCUT2D eigenvalue weighted by Crippen LogP contribution is -2.52. The van der Waals surface area contributed by atoms with Crippen molar-refractivity contribution in [3.05, 3.63) is 54.1 Å². The van der Waals surface area contributed by atoms with Crippen LogP contribution in [0.25, 0.3) is 0 Å². The van der Waals surface area contributed by atoms with Crippen molar-refractivity contribution in [2.75, 3.05) is 45.7 Å². The number of nitrogens with zero attached hydrogens (tertiary/aromatic N) is 2. The van der Waals surface area contributed by atoms with Crippen molar-refractivity contribution in [2.24, 2.45) is 0 Å². The molecule has 0 radical (unpaired) electrons. The van der Waals surface area contributed by atoms with E-state index < -0.39 is 0 Å². The number of amides is 1. The Labute approximate surface area is 167 Å². The number of rotatable bonds is 7. The molecule has 1 atom stereocenters. The van der Waals surface area contributed by atoms with Gasteiger partial charge in [-0.25, -0.2) is 0 Å². The number of piperazine rings is 1. The molecule has 28 heavy (non-hydrogen) atoms. The summed E-state index contributed by atoms with van der Waals surface area (Å²) in [6.07, 6.45) is 0. The van der Waals surface area contributed by atoms with E-state index in [1.807, 2.05) is 19.1 Å². The number of nitrogens with one attached hydrogen (secondary N) is 1. The molecule has 0 aromatic heterocycles. The van der Waals surface area contributed by atoms with E-state index in [1.54, 1.807) is 26.4 Å². The quantitative estimate of drug-likeness (QED) is 0.797. The zero-order chi connectivity index (χ0) is 19.9. The molecule has 0 saturated carbocycles. The maximum atomic E-state index is 12.7. The number of carbonyl (C=O) groups is 1. The van der Waals surface area contributed by atoms with Gasteiger partial charge in [-0.3, -0.25) is 14.6 Å². The summed E-state index contributed by atoms with van der Waals surface area (Å²) in [5.74, 6) is 1.23. The van der Waals surface area contributed by atoms with Gasteiger partial charge in [-0.2, -0.15) is 0 Å². The van der Waals surface area contributed by atoms with Crippen molar-refractivity contribution in [3.8, 4) is 11.5 Å². The molecule has 1 aliphatic rings. The molecule has 1 N–H and O–H groups in total. The van der Waals surface area contributed by atoms with Gasteiger partial charge in [-0.1, -0.05) is 30.3 Å². The van der Waals surface area contributed by atoms with Gasteiger partial charge >= 0.3 is 0 Å². The highest BCUT2D eigenvalue weighted by atomic mass is 16.5. The number of carbonyl (C=O) groups excluding carboxylic acids is 1. The molecule has 1 heterocycles. The minimum Gasteiger partial charge on any atom is -0.493 e. The molecule has 1 unspecified atom stereocenters. The zero-order valence-corrected chi connectivity index (χ0v) is 16.9. The van der Waals surface area contributed by atoms with Crippen LogP contribution in [0.1, 0.15) is 12.5 Å². The number of hydrogen-bond donors (Lipinski definition) is 1. The predicted octanol–water partition coefficient (Wildman–Crippen LogP) is 2.85. The smallest absolute Gasteiger partial charge is 0.241 e. The van der Waals surface area contributed by atoms with E-state index in [2.05, 4.69) is 39.4 Å². The molecule has 1 fully saturated rings. The Morgan fingerprint density at radius 2 is 1.68 bits per heavy atom. The Hall–Kier alpha value is -2.57. The van der Waals surface area contributed by atoms with Crippen LogP contribution < -0.4 is 14.8 Å². The Kier molecular flexibility index (Phi) is 6.90. The molecule has 1 amide bonds. The monoisotopic (exact) mass is 383 g/mol. The van der Waals surface area contributed by atoms with Crippen LogP contribution in [0, 0.1) is 0 Å². The van der Waals surface area contributed by atoms with Gasteiger partial charge in [-0.05, 0) is 24.6 Å². The van der Waals surface area contributed by atoms with Crippen molar-refractivity contribution < 1.29 is 14.3 Å². The molecule has 0 bridgehead atoms. The van der Waals surface area contributed by atoms with Crippen LogP contribution in [0.5, 0.6) is 11.5 Å². The van der Waals surface area contributed by atoms with Gasteiger partial charge in [0.1, 0.15) is 0 Å². The summed E-state index contributed by atoms with van der Waals surface area (Å²) in [5, 5.41) is 2.99. The summed E-state index contributed by atoms with van der Waals surface area (Å²) < 4.78 is 10.5. The molecule has 150 valence electrons. The van der Waals surface area contributed by atoms with Gasteiger partial charge < -0.3 is 14.8 Å². The Morgan fingerprint density at radius 1 is 1.00 bits per heavy atom. The molecule has 2 aromatic carbocycles. The minimum atomic E-state index is -0.188. The fraction of sp³-hybridized carbons (Fsp3) is 0.409. The molecule has 2 aromatic rings. The summed E-state index contributed by atoms with van der Waals surface area (Å²) in [7, 11) is 3.18. The highest BCUT2D eigenvalue weighted by Crippen LogP contribution is 2.29. The molecule has 0 aliphatic carbocycles. The van der Waals surface area contributed by atoms with E-state index in [1.165, 1.54) is 5.56 Å². The Bertz CT molecular complexity index is 774. The standard InChI is InChI=1S/C22H29N3O3/c1-17(22(26)23-19-9-10-20(27-2)21(15-19)28-3)25-13-11-24(12-14-25)16-18-7-5-4-6-8-18/h4-10,15,17H,11-14,16H2,1-3H3,(H,23,26).